The lowest BCUT2D eigenvalue weighted by molar-refractivity contribution is -0.126. The van der Waals surface area contributed by atoms with Gasteiger partial charge < -0.3 is 20.7 Å². The second kappa shape index (κ2) is 5.15. The Morgan fingerprint density at radius 2 is 2.15 bits per heavy atom. The molecule has 0 bridgehead atoms. The van der Waals surface area contributed by atoms with Crippen molar-refractivity contribution in [3.8, 4) is 5.88 Å². The summed E-state index contributed by atoms with van der Waals surface area (Å²) in [6.45, 7) is 8.68. The van der Waals surface area contributed by atoms with Gasteiger partial charge in [-0.05, 0) is 27.7 Å². The van der Waals surface area contributed by atoms with Gasteiger partial charge in [0, 0.05) is 13.1 Å². The quantitative estimate of drug-likeness (QED) is 0.839. The number of ether oxygens (including phenoxy) is 1. The van der Waals surface area contributed by atoms with Gasteiger partial charge in [0.15, 0.2) is 5.82 Å². The van der Waals surface area contributed by atoms with E-state index in [9.17, 15) is 4.79 Å². The zero-order valence-electron chi connectivity index (χ0n) is 12.3. The topological polar surface area (TPSA) is 93.4 Å². The number of aromatic nitrogens is 2. The van der Waals surface area contributed by atoms with Gasteiger partial charge in [0.25, 0.3) is 0 Å². The normalized spacial score (nSPS) is 18.1. The van der Waals surface area contributed by atoms with Crippen LogP contribution in [0.4, 0.5) is 11.5 Å². The summed E-state index contributed by atoms with van der Waals surface area (Å²) < 4.78 is 5.57. The Morgan fingerprint density at radius 3 is 2.80 bits per heavy atom. The van der Waals surface area contributed by atoms with Crippen LogP contribution in [0.1, 0.15) is 27.7 Å². The van der Waals surface area contributed by atoms with Crippen LogP contribution in [0.2, 0.25) is 0 Å². The first-order valence-corrected chi connectivity index (χ1v) is 6.67. The standard InChI is InChI=1S/C13H21N5O2/c1-8(2)20-11-9(14)10(16-7-17-11)18-6-5-15-12(19)13(18,3)4/h7-8H,5-6,14H2,1-4H3,(H,15,19). The number of nitrogens with two attached hydrogens (primary N) is 1. The number of amides is 1. The maximum Gasteiger partial charge on any atom is 0.245 e. The molecule has 1 aromatic heterocycles. The average molecular weight is 279 g/mol. The highest BCUT2D eigenvalue weighted by atomic mass is 16.5. The van der Waals surface area contributed by atoms with Crippen LogP contribution in [0.15, 0.2) is 6.33 Å². The molecule has 3 N–H and O–H groups in total. The predicted molar refractivity (Wildman–Crippen MR) is 76.6 cm³/mol. The number of hydrogen-bond acceptors (Lipinski definition) is 6. The van der Waals surface area contributed by atoms with Crippen molar-refractivity contribution in [2.75, 3.05) is 23.7 Å². The Morgan fingerprint density at radius 1 is 1.45 bits per heavy atom. The van der Waals surface area contributed by atoms with Gasteiger partial charge in [-0.15, -0.1) is 0 Å². The molecule has 0 spiro atoms. The number of carbonyl (C=O) groups is 1. The van der Waals surface area contributed by atoms with E-state index in [1.807, 2.05) is 32.6 Å². The largest absolute Gasteiger partial charge is 0.473 e. The van der Waals surface area contributed by atoms with Crippen molar-refractivity contribution in [3.05, 3.63) is 6.33 Å². The molecule has 7 nitrogen and oxygen atoms in total. The van der Waals surface area contributed by atoms with Gasteiger partial charge in [-0.1, -0.05) is 0 Å². The Bertz CT molecular complexity index is 515. The lowest BCUT2D eigenvalue weighted by atomic mass is 9.99. The van der Waals surface area contributed by atoms with Crippen molar-refractivity contribution >= 4 is 17.4 Å². The molecule has 0 atom stereocenters. The summed E-state index contributed by atoms with van der Waals surface area (Å²) >= 11 is 0. The zero-order valence-corrected chi connectivity index (χ0v) is 12.3. The van der Waals surface area contributed by atoms with E-state index in [-0.39, 0.29) is 12.0 Å². The molecule has 110 valence electrons. The van der Waals surface area contributed by atoms with Crippen molar-refractivity contribution in [2.45, 2.75) is 39.3 Å². The fourth-order valence-electron chi connectivity index (χ4n) is 2.17. The molecule has 1 fully saturated rings. The Hall–Kier alpha value is -2.05. The highest BCUT2D eigenvalue weighted by Gasteiger charge is 2.39. The number of hydrogen-bond donors (Lipinski definition) is 2. The zero-order chi connectivity index (χ0) is 14.9. The van der Waals surface area contributed by atoms with E-state index in [4.69, 9.17) is 10.5 Å². The van der Waals surface area contributed by atoms with Gasteiger partial charge in [0.1, 0.15) is 17.6 Å². The van der Waals surface area contributed by atoms with Crippen molar-refractivity contribution in [3.63, 3.8) is 0 Å². The molecular weight excluding hydrogens is 258 g/mol. The molecule has 0 aliphatic carbocycles. The van der Waals surface area contributed by atoms with Crippen molar-refractivity contribution in [1.29, 1.82) is 0 Å². The number of nitrogens with zero attached hydrogens (tertiary/aromatic N) is 3. The second-order valence-electron chi connectivity index (χ2n) is 5.55. The average Bonchev–Trinajstić information content (AvgIpc) is 2.35. The third kappa shape index (κ3) is 2.48. The van der Waals surface area contributed by atoms with Crippen LogP contribution < -0.4 is 20.7 Å². The van der Waals surface area contributed by atoms with Gasteiger partial charge in [-0.3, -0.25) is 4.79 Å². The molecule has 1 amide bonds. The monoisotopic (exact) mass is 279 g/mol. The Kier molecular flexibility index (Phi) is 3.69. The van der Waals surface area contributed by atoms with E-state index in [0.717, 1.165) is 0 Å². The minimum absolute atomic E-state index is 0.0299. The molecule has 20 heavy (non-hydrogen) atoms. The second-order valence-corrected chi connectivity index (χ2v) is 5.55. The highest BCUT2D eigenvalue weighted by molar-refractivity contribution is 5.91. The van der Waals surface area contributed by atoms with E-state index >= 15 is 0 Å². The lowest BCUT2D eigenvalue weighted by Gasteiger charge is -2.42. The third-order valence-electron chi connectivity index (χ3n) is 3.28. The first kappa shape index (κ1) is 14.4. The number of carbonyl (C=O) groups excluding carboxylic acids is 1. The summed E-state index contributed by atoms with van der Waals surface area (Å²) in [6.07, 6.45) is 1.38. The van der Waals surface area contributed by atoms with Gasteiger partial charge in [-0.2, -0.15) is 4.98 Å². The van der Waals surface area contributed by atoms with Crippen LogP contribution in [0.3, 0.4) is 0 Å². The molecule has 0 saturated carbocycles. The highest BCUT2D eigenvalue weighted by Crippen LogP contribution is 2.33. The minimum atomic E-state index is -0.712. The molecular formula is C13H21N5O2. The number of nitrogen functional groups attached to an aromatic ring is 1. The minimum Gasteiger partial charge on any atom is -0.473 e. The molecule has 0 aromatic carbocycles. The molecule has 1 saturated heterocycles. The summed E-state index contributed by atoms with van der Waals surface area (Å²) in [4.78, 5) is 22.2. The van der Waals surface area contributed by atoms with Crippen LogP contribution in [-0.2, 0) is 4.79 Å². The van der Waals surface area contributed by atoms with E-state index in [0.29, 0.717) is 30.5 Å². The number of anilines is 2. The van der Waals surface area contributed by atoms with E-state index in [1.54, 1.807) is 0 Å². The van der Waals surface area contributed by atoms with Crippen molar-refractivity contribution in [2.24, 2.45) is 0 Å². The van der Waals surface area contributed by atoms with Gasteiger partial charge in [0.05, 0.1) is 6.10 Å². The molecule has 7 heteroatoms. The predicted octanol–water partition coefficient (Wildman–Crippen LogP) is 0.561. The SMILES string of the molecule is CC(C)Oc1ncnc(N2CCNC(=O)C2(C)C)c1N. The Labute approximate surface area is 118 Å². The molecule has 1 aliphatic rings. The molecule has 1 aromatic rings. The fraction of sp³-hybridized carbons (Fsp3) is 0.615. The van der Waals surface area contributed by atoms with Crippen LogP contribution in [0.25, 0.3) is 0 Å². The molecule has 1 aliphatic heterocycles. The molecule has 0 unspecified atom stereocenters. The number of piperazine rings is 1. The van der Waals surface area contributed by atoms with Crippen LogP contribution in [-0.4, -0.2) is 40.6 Å². The number of nitrogens with one attached hydrogen (secondary N) is 1. The fourth-order valence-corrected chi connectivity index (χ4v) is 2.17. The summed E-state index contributed by atoms with van der Waals surface area (Å²) in [5, 5.41) is 2.84. The number of rotatable bonds is 3. The van der Waals surface area contributed by atoms with Crippen LogP contribution in [0.5, 0.6) is 5.88 Å². The first-order valence-electron chi connectivity index (χ1n) is 6.67. The smallest absolute Gasteiger partial charge is 0.245 e. The summed E-state index contributed by atoms with van der Waals surface area (Å²) in [6, 6.07) is 0. The van der Waals surface area contributed by atoms with Gasteiger partial charge in [0.2, 0.25) is 11.8 Å². The van der Waals surface area contributed by atoms with Gasteiger partial charge >= 0.3 is 0 Å². The van der Waals surface area contributed by atoms with Crippen molar-refractivity contribution < 1.29 is 9.53 Å². The summed E-state index contributed by atoms with van der Waals surface area (Å²) in [7, 11) is 0. The van der Waals surface area contributed by atoms with E-state index in [1.165, 1.54) is 6.33 Å². The van der Waals surface area contributed by atoms with Crippen LogP contribution >= 0.6 is 0 Å². The maximum absolute atomic E-state index is 12.0. The maximum atomic E-state index is 12.0. The molecule has 0 radical (unpaired) electrons. The molecule has 2 heterocycles. The first-order chi connectivity index (χ1) is 9.34. The van der Waals surface area contributed by atoms with E-state index < -0.39 is 5.54 Å². The van der Waals surface area contributed by atoms with E-state index in [2.05, 4.69) is 15.3 Å². The van der Waals surface area contributed by atoms with Crippen molar-refractivity contribution in [1.82, 2.24) is 15.3 Å². The Balaban J connectivity index is 2.39. The van der Waals surface area contributed by atoms with Crippen LogP contribution in [0, 0.1) is 0 Å². The lowest BCUT2D eigenvalue weighted by Crippen LogP contribution is -2.62. The summed E-state index contributed by atoms with van der Waals surface area (Å²) in [5.74, 6) is 0.843. The third-order valence-corrected chi connectivity index (χ3v) is 3.28. The summed E-state index contributed by atoms with van der Waals surface area (Å²) in [5.41, 5.74) is 5.76. The molecule has 2 rings (SSSR count). The van der Waals surface area contributed by atoms with Gasteiger partial charge in [-0.25, -0.2) is 4.98 Å².